The van der Waals surface area contributed by atoms with Gasteiger partial charge in [0.05, 0.1) is 33.2 Å². The molecule has 1 aliphatic carbocycles. The Hall–Kier alpha value is -6.97. The number of para-hydroxylation sites is 6. The van der Waals surface area contributed by atoms with E-state index in [2.05, 4.69) is 197 Å². The maximum absolute atomic E-state index is 5.19. The molecular weight excluding hydrogens is 643 g/mol. The Bertz CT molecular complexity index is 3130. The number of fused-ring (bicyclic) bond motifs is 13. The molecule has 3 heteroatoms. The van der Waals surface area contributed by atoms with Crippen LogP contribution in [-0.2, 0) is 5.41 Å². The topological polar surface area (TPSA) is 22.8 Å². The number of imidazole rings is 1. The maximum atomic E-state index is 5.19. The molecule has 53 heavy (non-hydrogen) atoms. The molecule has 3 heterocycles. The van der Waals surface area contributed by atoms with Gasteiger partial charge in [-0.25, -0.2) is 4.98 Å². The average molecular weight is 674 g/mol. The Morgan fingerprint density at radius 1 is 0.396 bits per heavy atom. The van der Waals surface area contributed by atoms with Crippen LogP contribution in [0.1, 0.15) is 22.3 Å². The molecule has 246 valence electrons. The molecule has 0 fully saturated rings. The summed E-state index contributed by atoms with van der Waals surface area (Å²) in [5, 5.41) is 2.58. The van der Waals surface area contributed by atoms with Crippen molar-refractivity contribution in [3.8, 4) is 45.0 Å². The van der Waals surface area contributed by atoms with E-state index in [9.17, 15) is 0 Å². The molecule has 2 aliphatic rings. The second-order valence-corrected chi connectivity index (χ2v) is 14.3. The number of hydrogen-bond donors (Lipinski definition) is 0. The van der Waals surface area contributed by atoms with Crippen LogP contribution in [0, 0.1) is 0 Å². The van der Waals surface area contributed by atoms with Crippen LogP contribution in [0.15, 0.2) is 188 Å². The molecule has 2 aromatic heterocycles. The van der Waals surface area contributed by atoms with E-state index in [4.69, 9.17) is 4.98 Å². The van der Waals surface area contributed by atoms with Gasteiger partial charge in [0, 0.05) is 22.0 Å². The molecule has 1 unspecified atom stereocenters. The molecule has 3 nitrogen and oxygen atoms in total. The Balaban J connectivity index is 1.12. The zero-order valence-electron chi connectivity index (χ0n) is 28.7. The largest absolute Gasteiger partial charge is 0.309 e. The summed E-state index contributed by atoms with van der Waals surface area (Å²) < 4.78 is 4.79. The molecule has 0 saturated carbocycles. The van der Waals surface area contributed by atoms with Crippen LogP contribution in [0.2, 0.25) is 0 Å². The standard InChI is InChI=1S/C50H31N3/c1-2-16-35(17-3-1)52-47-27-11-8-24-44(47)51-49(52)34-15-12-14-32(30-34)33-28-29-37-36-18-4-6-21-40(36)50(43(37)31-33)41-22-7-10-26-46(41)53-45-25-9-5-19-38(45)39-20-13-23-42(50)48(39)53/h1-31H. The third-order valence-electron chi connectivity index (χ3n) is 11.7. The van der Waals surface area contributed by atoms with Gasteiger partial charge in [0.1, 0.15) is 5.82 Å². The van der Waals surface area contributed by atoms with Crippen molar-refractivity contribution in [1.29, 1.82) is 0 Å². The molecule has 0 radical (unpaired) electrons. The first-order chi connectivity index (χ1) is 26.3. The van der Waals surface area contributed by atoms with Crippen molar-refractivity contribution in [3.63, 3.8) is 0 Å². The van der Waals surface area contributed by atoms with Gasteiger partial charge >= 0.3 is 0 Å². The van der Waals surface area contributed by atoms with Crippen molar-refractivity contribution in [2.45, 2.75) is 5.41 Å². The van der Waals surface area contributed by atoms with Gasteiger partial charge in [-0.2, -0.15) is 0 Å². The van der Waals surface area contributed by atoms with E-state index in [0.29, 0.717) is 0 Å². The predicted molar refractivity (Wildman–Crippen MR) is 217 cm³/mol. The molecule has 1 atom stereocenters. The van der Waals surface area contributed by atoms with Crippen LogP contribution < -0.4 is 0 Å². The second-order valence-electron chi connectivity index (χ2n) is 14.3. The molecule has 0 amide bonds. The third-order valence-corrected chi connectivity index (χ3v) is 11.7. The summed E-state index contributed by atoms with van der Waals surface area (Å²) in [6.45, 7) is 0. The van der Waals surface area contributed by atoms with Gasteiger partial charge < -0.3 is 4.57 Å². The van der Waals surface area contributed by atoms with Gasteiger partial charge in [0.15, 0.2) is 0 Å². The second kappa shape index (κ2) is 10.5. The lowest BCUT2D eigenvalue weighted by Crippen LogP contribution is -2.33. The van der Waals surface area contributed by atoms with Crippen molar-refractivity contribution in [2.24, 2.45) is 0 Å². The van der Waals surface area contributed by atoms with Gasteiger partial charge in [-0.15, -0.1) is 0 Å². The monoisotopic (exact) mass is 673 g/mol. The number of hydrogen-bond acceptors (Lipinski definition) is 1. The van der Waals surface area contributed by atoms with Gasteiger partial charge in [0.25, 0.3) is 0 Å². The lowest BCUT2D eigenvalue weighted by atomic mass is 9.65. The van der Waals surface area contributed by atoms with Crippen molar-refractivity contribution in [2.75, 3.05) is 0 Å². The highest BCUT2D eigenvalue weighted by molar-refractivity contribution is 6.13. The smallest absolute Gasteiger partial charge is 0.145 e. The molecule has 12 rings (SSSR count). The minimum absolute atomic E-state index is 0.485. The summed E-state index contributed by atoms with van der Waals surface area (Å²) in [6.07, 6.45) is 0. The van der Waals surface area contributed by atoms with E-state index >= 15 is 0 Å². The summed E-state index contributed by atoms with van der Waals surface area (Å²) in [7, 11) is 0. The van der Waals surface area contributed by atoms with E-state index in [1.165, 1.54) is 72.0 Å². The van der Waals surface area contributed by atoms with Crippen molar-refractivity contribution in [1.82, 2.24) is 14.1 Å². The van der Waals surface area contributed by atoms with Gasteiger partial charge in [-0.1, -0.05) is 140 Å². The molecule has 1 spiro atoms. The average Bonchev–Trinajstić information content (AvgIpc) is 3.88. The van der Waals surface area contributed by atoms with Crippen molar-refractivity contribution >= 4 is 32.8 Å². The summed E-state index contributed by atoms with van der Waals surface area (Å²) in [5.74, 6) is 0.935. The van der Waals surface area contributed by atoms with Crippen LogP contribution in [0.25, 0.3) is 77.9 Å². The Morgan fingerprint density at radius 2 is 1.06 bits per heavy atom. The fraction of sp³-hybridized carbons (Fsp3) is 0.0200. The van der Waals surface area contributed by atoms with Gasteiger partial charge in [0.2, 0.25) is 0 Å². The van der Waals surface area contributed by atoms with E-state index in [0.717, 1.165) is 28.1 Å². The zero-order valence-corrected chi connectivity index (χ0v) is 28.7. The van der Waals surface area contributed by atoms with E-state index in [1.54, 1.807) is 0 Å². The van der Waals surface area contributed by atoms with Crippen LogP contribution >= 0.6 is 0 Å². The van der Waals surface area contributed by atoms with E-state index in [1.807, 2.05) is 0 Å². The number of rotatable bonds is 3. The number of aromatic nitrogens is 3. The fourth-order valence-corrected chi connectivity index (χ4v) is 9.64. The van der Waals surface area contributed by atoms with Crippen LogP contribution in [0.3, 0.4) is 0 Å². The Morgan fingerprint density at radius 3 is 1.98 bits per heavy atom. The van der Waals surface area contributed by atoms with E-state index < -0.39 is 5.41 Å². The molecule has 1 aliphatic heterocycles. The van der Waals surface area contributed by atoms with Crippen LogP contribution in [-0.4, -0.2) is 14.1 Å². The van der Waals surface area contributed by atoms with Crippen molar-refractivity contribution < 1.29 is 0 Å². The maximum Gasteiger partial charge on any atom is 0.145 e. The highest BCUT2D eigenvalue weighted by atomic mass is 15.1. The highest BCUT2D eigenvalue weighted by Crippen LogP contribution is 2.61. The molecular formula is C50H31N3. The highest BCUT2D eigenvalue weighted by Gasteiger charge is 2.50. The number of nitrogens with zero attached hydrogens (tertiary/aromatic N) is 3. The predicted octanol–water partition coefficient (Wildman–Crippen LogP) is 12.1. The fourth-order valence-electron chi connectivity index (χ4n) is 9.64. The first-order valence-electron chi connectivity index (χ1n) is 18.3. The normalized spacial score (nSPS) is 15.2. The van der Waals surface area contributed by atoms with Crippen molar-refractivity contribution in [3.05, 3.63) is 210 Å². The Labute approximate surface area is 306 Å². The lowest BCUT2D eigenvalue weighted by Gasteiger charge is -2.39. The zero-order chi connectivity index (χ0) is 34.7. The van der Waals surface area contributed by atoms with Gasteiger partial charge in [-0.3, -0.25) is 4.57 Å². The minimum atomic E-state index is -0.485. The van der Waals surface area contributed by atoms with Crippen LogP contribution in [0.4, 0.5) is 0 Å². The van der Waals surface area contributed by atoms with Crippen LogP contribution in [0.5, 0.6) is 0 Å². The molecule has 0 N–H and O–H groups in total. The SMILES string of the molecule is c1ccc(-n2c(-c3cccc(-c4ccc5c(c4)C4(c6ccccc6-5)c5ccccc5-n5c6ccccc6c6cccc4c65)c3)nc3ccccc32)cc1. The number of benzene rings is 8. The third kappa shape index (κ3) is 3.70. The minimum Gasteiger partial charge on any atom is -0.309 e. The summed E-state index contributed by atoms with van der Waals surface area (Å²) in [6, 6.07) is 68.9. The molecule has 0 bridgehead atoms. The summed E-state index contributed by atoms with van der Waals surface area (Å²) in [4.78, 5) is 5.19. The first-order valence-corrected chi connectivity index (χ1v) is 18.3. The molecule has 8 aromatic carbocycles. The quantitative estimate of drug-likeness (QED) is 0.183. The van der Waals surface area contributed by atoms with E-state index in [-0.39, 0.29) is 0 Å². The molecule has 0 saturated heterocycles. The summed E-state index contributed by atoms with van der Waals surface area (Å²) >= 11 is 0. The van der Waals surface area contributed by atoms with Gasteiger partial charge in [-0.05, 0) is 93.0 Å². The molecule has 10 aromatic rings. The lowest BCUT2D eigenvalue weighted by molar-refractivity contribution is 0.749. The summed E-state index contributed by atoms with van der Waals surface area (Å²) in [5.41, 5.74) is 17.8. The Kier molecular flexibility index (Phi) is 5.70. The first kappa shape index (κ1) is 28.7.